The summed E-state index contributed by atoms with van der Waals surface area (Å²) in [7, 11) is 1.08. The van der Waals surface area contributed by atoms with E-state index in [9.17, 15) is 28.8 Å². The molecule has 6 atom stereocenters. The van der Waals surface area contributed by atoms with Gasteiger partial charge in [0.25, 0.3) is 5.79 Å². The maximum atomic E-state index is 13.6. The lowest BCUT2D eigenvalue weighted by atomic mass is 9.88. The van der Waals surface area contributed by atoms with Crippen LogP contribution in [-0.4, -0.2) is 91.4 Å². The van der Waals surface area contributed by atoms with Gasteiger partial charge in [-0.25, -0.2) is 9.59 Å². The Kier molecular flexibility index (Phi) is 15.0. The minimum atomic E-state index is -2.33. The van der Waals surface area contributed by atoms with E-state index in [1.165, 1.54) is 0 Å². The summed E-state index contributed by atoms with van der Waals surface area (Å²) in [5.41, 5.74) is 0.272. The number of amides is 2. The molecule has 0 spiro atoms. The van der Waals surface area contributed by atoms with Crippen LogP contribution in [0, 0.1) is 0 Å². The van der Waals surface area contributed by atoms with E-state index < -0.39 is 90.7 Å². The van der Waals surface area contributed by atoms with Crippen molar-refractivity contribution in [2.45, 2.75) is 103 Å². The molecule has 0 saturated carbocycles. The smallest absolute Gasteiger partial charge is 0.408 e. The Morgan fingerprint density at radius 3 is 2.10 bits per heavy atom. The predicted molar refractivity (Wildman–Crippen MR) is 183 cm³/mol. The molecule has 0 aromatic heterocycles. The molecule has 284 valence electrons. The van der Waals surface area contributed by atoms with Gasteiger partial charge in [0.15, 0.2) is 12.2 Å². The third-order valence-electron chi connectivity index (χ3n) is 7.45. The molecule has 1 aliphatic heterocycles. The average molecular weight is 749 g/mol. The van der Waals surface area contributed by atoms with Crippen LogP contribution in [0.4, 0.5) is 4.79 Å². The van der Waals surface area contributed by atoms with E-state index in [4.69, 9.17) is 44.8 Å². The fourth-order valence-corrected chi connectivity index (χ4v) is 5.55. The van der Waals surface area contributed by atoms with Gasteiger partial charge in [0, 0.05) is 25.8 Å². The highest BCUT2D eigenvalue weighted by molar-refractivity contribution is 6.30. The Morgan fingerprint density at radius 1 is 0.904 bits per heavy atom. The highest BCUT2D eigenvalue weighted by Gasteiger charge is 2.59. The van der Waals surface area contributed by atoms with Crippen molar-refractivity contribution in [3.8, 4) is 0 Å². The van der Waals surface area contributed by atoms with Crippen LogP contribution in [0.2, 0.25) is 5.02 Å². The van der Waals surface area contributed by atoms with E-state index in [-0.39, 0.29) is 13.0 Å². The number of carbonyl (C=O) groups excluding carboxylic acids is 6. The minimum Gasteiger partial charge on any atom is -0.465 e. The quantitative estimate of drug-likeness (QED) is 0.211. The second-order valence-electron chi connectivity index (χ2n) is 13.0. The molecule has 15 nitrogen and oxygen atoms in total. The summed E-state index contributed by atoms with van der Waals surface area (Å²) in [6, 6.07) is 13.9. The number of hydrogen-bond donors (Lipinski definition) is 2. The minimum absolute atomic E-state index is 0.0851. The number of esters is 4. The lowest BCUT2D eigenvalue weighted by Gasteiger charge is -2.48. The molecule has 1 aliphatic rings. The number of ether oxygens (including phenoxy) is 7. The molecule has 2 aromatic carbocycles. The van der Waals surface area contributed by atoms with Crippen molar-refractivity contribution in [2.24, 2.45) is 0 Å². The van der Waals surface area contributed by atoms with E-state index in [1.807, 2.05) is 0 Å². The van der Waals surface area contributed by atoms with Crippen LogP contribution in [0.25, 0.3) is 0 Å². The molecule has 2 amide bonds. The van der Waals surface area contributed by atoms with Gasteiger partial charge in [-0.05, 0) is 44.0 Å². The van der Waals surface area contributed by atoms with Crippen LogP contribution in [0.1, 0.15) is 59.1 Å². The van der Waals surface area contributed by atoms with Crippen molar-refractivity contribution in [1.29, 1.82) is 0 Å². The lowest BCUT2D eigenvalue weighted by molar-refractivity contribution is -0.316. The van der Waals surface area contributed by atoms with Crippen molar-refractivity contribution in [2.75, 3.05) is 13.7 Å². The molecule has 1 saturated heterocycles. The Hall–Kier alpha value is -4.73. The van der Waals surface area contributed by atoms with Gasteiger partial charge < -0.3 is 43.8 Å². The Morgan fingerprint density at radius 2 is 1.54 bits per heavy atom. The molecule has 0 aliphatic carbocycles. The normalized spacial score (nSPS) is 21.0. The summed E-state index contributed by atoms with van der Waals surface area (Å²) in [6.07, 6.45) is -7.84. The van der Waals surface area contributed by atoms with Crippen LogP contribution in [0.3, 0.4) is 0 Å². The molecule has 0 bridgehead atoms. The predicted octanol–water partition coefficient (Wildman–Crippen LogP) is 3.56. The van der Waals surface area contributed by atoms with E-state index in [2.05, 4.69) is 10.6 Å². The van der Waals surface area contributed by atoms with Crippen LogP contribution < -0.4 is 10.6 Å². The van der Waals surface area contributed by atoms with E-state index in [0.717, 1.165) is 27.9 Å². The zero-order valence-corrected chi connectivity index (χ0v) is 30.9. The number of rotatable bonds is 14. The topological polar surface area (TPSA) is 191 Å². The van der Waals surface area contributed by atoms with Gasteiger partial charge >= 0.3 is 30.0 Å². The van der Waals surface area contributed by atoms with Crippen molar-refractivity contribution >= 4 is 47.5 Å². The second-order valence-corrected chi connectivity index (χ2v) is 13.4. The Labute approximate surface area is 306 Å². The van der Waals surface area contributed by atoms with Gasteiger partial charge in [-0.1, -0.05) is 54.1 Å². The molecular formula is C36H45ClN2O13. The fourth-order valence-electron chi connectivity index (χ4n) is 5.42. The maximum absolute atomic E-state index is 13.6. The standard InChI is InChI=1S/C36H45ClN2O13/c1-21(40)48-27-18-36(33(44)46-7,47-20-25-11-9-8-10-12-25)51-32(30(27)39-34(45)52-35(4,5)6)31(50-23(3)42)28(49-22(2)41)19-38-29(43)17-24-13-15-26(37)16-14-24/h8-16,27-28,30-32H,17-20H2,1-7H3,(H,38,43)(H,39,45)/t27-,28+,30+,31+,32+,36+/m0/s1. The molecule has 1 heterocycles. The summed E-state index contributed by atoms with van der Waals surface area (Å²) in [5.74, 6) is -6.42. The van der Waals surface area contributed by atoms with Gasteiger partial charge in [0.05, 0.1) is 39.1 Å². The molecule has 3 rings (SSSR count). The summed E-state index contributed by atoms with van der Waals surface area (Å²) in [6.45, 7) is 7.50. The van der Waals surface area contributed by atoms with Crippen LogP contribution >= 0.6 is 11.6 Å². The highest BCUT2D eigenvalue weighted by Crippen LogP contribution is 2.37. The second kappa shape index (κ2) is 18.7. The summed E-state index contributed by atoms with van der Waals surface area (Å²) < 4.78 is 40.0. The third kappa shape index (κ3) is 12.8. The molecule has 0 unspecified atom stereocenters. The van der Waals surface area contributed by atoms with E-state index >= 15 is 0 Å². The molecule has 2 aromatic rings. The molecular weight excluding hydrogens is 704 g/mol. The van der Waals surface area contributed by atoms with Gasteiger partial charge in [0.2, 0.25) is 5.91 Å². The third-order valence-corrected chi connectivity index (χ3v) is 7.70. The summed E-state index contributed by atoms with van der Waals surface area (Å²) in [4.78, 5) is 77.6. The molecule has 16 heteroatoms. The molecule has 1 fully saturated rings. The summed E-state index contributed by atoms with van der Waals surface area (Å²) in [5, 5.41) is 5.75. The van der Waals surface area contributed by atoms with Crippen molar-refractivity contribution in [3.63, 3.8) is 0 Å². The molecule has 0 radical (unpaired) electrons. The lowest BCUT2D eigenvalue weighted by Crippen LogP contribution is -2.69. The van der Waals surface area contributed by atoms with Crippen LogP contribution in [-0.2, 0) is 70.2 Å². The van der Waals surface area contributed by atoms with Gasteiger partial charge in [-0.2, -0.15) is 0 Å². The van der Waals surface area contributed by atoms with Gasteiger partial charge in [0.1, 0.15) is 17.8 Å². The molecule has 2 N–H and O–H groups in total. The number of methoxy groups -OCH3 is 1. The first-order chi connectivity index (χ1) is 24.4. The average Bonchev–Trinajstić information content (AvgIpc) is 3.05. The Balaban J connectivity index is 2.13. The van der Waals surface area contributed by atoms with Crippen molar-refractivity contribution in [1.82, 2.24) is 10.6 Å². The number of benzene rings is 2. The largest absolute Gasteiger partial charge is 0.465 e. The first-order valence-electron chi connectivity index (χ1n) is 16.4. The SMILES string of the molecule is COC(=O)[C@@]1(OCc2ccccc2)C[C@H](OC(C)=O)[C@@H](NC(=O)OC(C)(C)C)[C@H]([C@H](OC(C)=O)[C@@H](CNC(=O)Cc2ccc(Cl)cc2)OC(C)=O)O1. The zero-order valence-electron chi connectivity index (χ0n) is 30.1. The number of hydrogen-bond acceptors (Lipinski definition) is 13. The number of halogens is 1. The number of carbonyl (C=O) groups is 6. The Bertz CT molecular complexity index is 1560. The number of nitrogens with one attached hydrogen (secondary N) is 2. The van der Waals surface area contributed by atoms with Crippen LogP contribution in [0.15, 0.2) is 54.6 Å². The van der Waals surface area contributed by atoms with Crippen molar-refractivity contribution < 1.29 is 61.9 Å². The van der Waals surface area contributed by atoms with Gasteiger partial charge in [-0.15, -0.1) is 0 Å². The molecule has 52 heavy (non-hydrogen) atoms. The van der Waals surface area contributed by atoms with Crippen molar-refractivity contribution in [3.05, 3.63) is 70.7 Å². The number of alkyl carbamates (subject to hydrolysis) is 1. The monoisotopic (exact) mass is 748 g/mol. The highest BCUT2D eigenvalue weighted by atomic mass is 35.5. The van der Waals surface area contributed by atoms with Gasteiger partial charge in [-0.3, -0.25) is 19.2 Å². The zero-order chi connectivity index (χ0) is 38.6. The first kappa shape index (κ1) is 41.7. The van der Waals surface area contributed by atoms with Crippen LogP contribution in [0.5, 0.6) is 0 Å². The first-order valence-corrected chi connectivity index (χ1v) is 16.8. The van der Waals surface area contributed by atoms with E-state index in [1.54, 1.807) is 75.4 Å². The van der Waals surface area contributed by atoms with E-state index in [0.29, 0.717) is 16.1 Å². The fraction of sp³-hybridized carbons (Fsp3) is 0.500. The maximum Gasteiger partial charge on any atom is 0.408 e. The summed E-state index contributed by atoms with van der Waals surface area (Å²) >= 11 is 5.96.